The van der Waals surface area contributed by atoms with Crippen LogP contribution in [0.3, 0.4) is 0 Å². The third-order valence-corrected chi connectivity index (χ3v) is 12.5. The predicted molar refractivity (Wildman–Crippen MR) is 128 cm³/mol. The number of hydrogen-bond donors (Lipinski definition) is 1. The van der Waals surface area contributed by atoms with E-state index in [1.807, 2.05) is 6.92 Å². The fourth-order valence-corrected chi connectivity index (χ4v) is 10.9. The van der Waals surface area contributed by atoms with Crippen LogP contribution < -0.4 is 0 Å². The zero-order valence-electron chi connectivity index (χ0n) is 21.5. The van der Waals surface area contributed by atoms with Crippen LogP contribution in [0.15, 0.2) is 12.3 Å². The maximum absolute atomic E-state index is 13.8. The maximum atomic E-state index is 13.8. The molecule has 4 nitrogen and oxygen atoms in total. The van der Waals surface area contributed by atoms with Crippen LogP contribution in [0.25, 0.3) is 0 Å². The van der Waals surface area contributed by atoms with Crippen LogP contribution in [0.4, 0.5) is 13.2 Å². The lowest BCUT2D eigenvalue weighted by molar-refractivity contribution is -0.142. The van der Waals surface area contributed by atoms with Crippen LogP contribution in [-0.2, 0) is 17.5 Å². The second-order valence-electron chi connectivity index (χ2n) is 14.3. The molecule has 2 spiro atoms. The Balaban J connectivity index is 1.17. The van der Waals surface area contributed by atoms with Gasteiger partial charge in [0.05, 0.1) is 12.1 Å². The summed E-state index contributed by atoms with van der Waals surface area (Å²) in [6.45, 7) is 4.31. The number of hydrogen-bond acceptors (Lipinski definition) is 3. The molecule has 36 heavy (non-hydrogen) atoms. The molecule has 0 aliphatic heterocycles. The first-order valence-corrected chi connectivity index (χ1v) is 14.2. The lowest BCUT2D eigenvalue weighted by atomic mass is 9.47. The van der Waals surface area contributed by atoms with Gasteiger partial charge in [-0.15, -0.1) is 0 Å². The summed E-state index contributed by atoms with van der Waals surface area (Å²) in [4.78, 5) is 13.8. The first-order valence-electron chi connectivity index (χ1n) is 14.2. The van der Waals surface area contributed by atoms with Crippen molar-refractivity contribution in [3.8, 4) is 0 Å². The van der Waals surface area contributed by atoms with Gasteiger partial charge in [0.15, 0.2) is 11.5 Å². The molecule has 0 saturated heterocycles. The molecule has 198 valence electrons. The van der Waals surface area contributed by atoms with E-state index < -0.39 is 17.5 Å². The zero-order chi connectivity index (χ0) is 25.3. The fraction of sp³-hybridized carbons (Fsp3) is 0.862. The second-order valence-corrected chi connectivity index (χ2v) is 14.3. The van der Waals surface area contributed by atoms with Crippen LogP contribution in [0.5, 0.6) is 0 Å². The number of ketones is 1. The van der Waals surface area contributed by atoms with Crippen molar-refractivity contribution in [2.45, 2.75) is 103 Å². The third kappa shape index (κ3) is 3.22. The van der Waals surface area contributed by atoms with Crippen molar-refractivity contribution in [1.29, 1.82) is 0 Å². The predicted octanol–water partition coefficient (Wildman–Crippen LogP) is 6.27. The number of fused-ring (bicyclic) bond motifs is 7. The highest BCUT2D eigenvalue weighted by atomic mass is 19.4. The van der Waals surface area contributed by atoms with Gasteiger partial charge in [-0.05, 0) is 129 Å². The molecule has 1 heterocycles. The number of nitrogens with zero attached hydrogens (tertiary/aromatic N) is 2. The Bertz CT molecular complexity index is 1090. The largest absolute Gasteiger partial charge is 0.435 e. The molecule has 0 radical (unpaired) electrons. The summed E-state index contributed by atoms with van der Waals surface area (Å²) in [6.07, 6.45) is 9.20. The maximum Gasteiger partial charge on any atom is 0.435 e. The van der Waals surface area contributed by atoms with Crippen molar-refractivity contribution in [3.63, 3.8) is 0 Å². The summed E-state index contributed by atoms with van der Waals surface area (Å²) in [7, 11) is 0. The van der Waals surface area contributed by atoms with Crippen LogP contribution in [0.2, 0.25) is 0 Å². The number of aliphatic hydroxyl groups is 1. The minimum absolute atomic E-state index is 0.0555. The second kappa shape index (κ2) is 7.18. The van der Waals surface area contributed by atoms with E-state index in [-0.39, 0.29) is 29.1 Å². The minimum atomic E-state index is -4.49. The molecule has 1 N–H and O–H groups in total. The first-order chi connectivity index (χ1) is 16.9. The summed E-state index contributed by atoms with van der Waals surface area (Å²) in [5.41, 5.74) is -0.768. The number of halogens is 3. The molecule has 6 saturated carbocycles. The topological polar surface area (TPSA) is 55.1 Å². The van der Waals surface area contributed by atoms with Crippen molar-refractivity contribution >= 4 is 5.78 Å². The highest BCUT2D eigenvalue weighted by molar-refractivity contribution is 5.82. The van der Waals surface area contributed by atoms with E-state index in [9.17, 15) is 23.1 Å². The van der Waals surface area contributed by atoms with Crippen LogP contribution in [-0.4, -0.2) is 26.3 Å². The lowest BCUT2D eigenvalue weighted by Gasteiger charge is -2.58. The number of Topliss-reactive ketones (excluding diaryl/α,β-unsaturated/α-hetero) is 1. The normalized spacial score (nSPS) is 48.4. The Morgan fingerprint density at radius 2 is 1.81 bits per heavy atom. The Morgan fingerprint density at radius 1 is 1.06 bits per heavy atom. The van der Waals surface area contributed by atoms with Gasteiger partial charge >= 0.3 is 6.18 Å². The van der Waals surface area contributed by atoms with Crippen molar-refractivity contribution in [2.75, 3.05) is 0 Å². The molecule has 7 rings (SSSR count). The Labute approximate surface area is 211 Å². The monoisotopic (exact) mass is 504 g/mol. The third-order valence-electron chi connectivity index (χ3n) is 12.5. The van der Waals surface area contributed by atoms with Gasteiger partial charge < -0.3 is 5.11 Å². The van der Waals surface area contributed by atoms with E-state index in [0.29, 0.717) is 35.0 Å². The Kier molecular flexibility index (Phi) is 4.73. The van der Waals surface area contributed by atoms with E-state index in [1.165, 1.54) is 43.0 Å². The van der Waals surface area contributed by atoms with Gasteiger partial charge in [0, 0.05) is 12.1 Å². The molecule has 3 unspecified atom stereocenters. The van der Waals surface area contributed by atoms with Gasteiger partial charge in [-0.25, -0.2) is 0 Å². The van der Waals surface area contributed by atoms with Crippen molar-refractivity contribution < 1.29 is 23.1 Å². The van der Waals surface area contributed by atoms with Gasteiger partial charge in [-0.2, -0.15) is 18.3 Å². The fourth-order valence-electron chi connectivity index (χ4n) is 10.9. The van der Waals surface area contributed by atoms with Gasteiger partial charge in [-0.1, -0.05) is 6.92 Å². The lowest BCUT2D eigenvalue weighted by Crippen LogP contribution is -2.52. The Morgan fingerprint density at radius 3 is 2.47 bits per heavy atom. The smallest absolute Gasteiger partial charge is 0.390 e. The molecule has 1 aromatic heterocycles. The average molecular weight is 505 g/mol. The molecular formula is C29H39F3N2O2. The molecule has 7 heteroatoms. The molecule has 0 bridgehead atoms. The molecule has 1 aromatic rings. The number of carbonyl (C=O) groups is 1. The molecule has 0 amide bonds. The van der Waals surface area contributed by atoms with E-state index in [0.717, 1.165) is 44.6 Å². The molecule has 0 aromatic carbocycles. The summed E-state index contributed by atoms with van der Waals surface area (Å²) in [5.74, 6) is 3.27. The number of aromatic nitrogens is 2. The standard InChI is InChI=1S/C29H39F3N2O2/c1-25(36)8-5-18-17(13-25)3-4-20-19(18)6-9-26(2)21(14-28(24(20)26)16-27(28)10-11-27)22(35)15-34-12-7-23(33-34)29(30,31)32/h7,12,17-21,24,36H,3-6,8-11,13-16H2,1-2H3/t17?,18?,19-,20-,21-,24+,25-,26-,28?/m1/s1. The van der Waals surface area contributed by atoms with Crippen molar-refractivity contribution in [2.24, 2.45) is 51.8 Å². The summed E-state index contributed by atoms with van der Waals surface area (Å²) in [6, 6.07) is 0.971. The number of rotatable bonds is 3. The highest BCUT2D eigenvalue weighted by Gasteiger charge is 2.83. The molecule has 9 atom stereocenters. The van der Waals surface area contributed by atoms with E-state index in [1.54, 1.807) is 0 Å². The quantitative estimate of drug-likeness (QED) is 0.528. The van der Waals surface area contributed by atoms with Crippen molar-refractivity contribution in [1.82, 2.24) is 9.78 Å². The van der Waals surface area contributed by atoms with Crippen LogP contribution in [0.1, 0.15) is 90.2 Å². The summed E-state index contributed by atoms with van der Waals surface area (Å²) in [5, 5.41) is 14.4. The molecular weight excluding hydrogens is 465 g/mol. The van der Waals surface area contributed by atoms with Gasteiger partial charge in [0.1, 0.15) is 0 Å². The van der Waals surface area contributed by atoms with Crippen molar-refractivity contribution in [3.05, 3.63) is 18.0 Å². The number of alkyl halides is 3. The summed E-state index contributed by atoms with van der Waals surface area (Å²) >= 11 is 0. The average Bonchev–Trinajstić information content (AvgIpc) is 3.59. The molecule has 6 fully saturated rings. The van der Waals surface area contributed by atoms with E-state index in [2.05, 4.69) is 12.0 Å². The number of carbonyl (C=O) groups excluding carboxylic acids is 1. The van der Waals surface area contributed by atoms with E-state index >= 15 is 0 Å². The van der Waals surface area contributed by atoms with Gasteiger partial charge in [0.25, 0.3) is 0 Å². The SMILES string of the molecule is C[C@@]1(O)CCC2C(CC[C@@H]3[C@@H]2CC[C@]2(C)[C@@H](C(=O)Cn4ccc(C(F)(F)F)n4)CC4(CC45CC5)[C@@H]32)C1. The molecule has 6 aliphatic carbocycles. The molecule has 6 aliphatic rings. The first kappa shape index (κ1) is 23.7. The highest BCUT2D eigenvalue weighted by Crippen LogP contribution is 2.90. The zero-order valence-corrected chi connectivity index (χ0v) is 21.5. The van der Waals surface area contributed by atoms with E-state index in [4.69, 9.17) is 0 Å². The van der Waals surface area contributed by atoms with Gasteiger partial charge in [0.2, 0.25) is 0 Å². The van der Waals surface area contributed by atoms with Crippen LogP contribution >= 0.6 is 0 Å². The van der Waals surface area contributed by atoms with Crippen LogP contribution in [0, 0.1) is 51.8 Å². The summed E-state index contributed by atoms with van der Waals surface area (Å²) < 4.78 is 40.4. The Hall–Kier alpha value is -1.37. The minimum Gasteiger partial charge on any atom is -0.390 e. The van der Waals surface area contributed by atoms with Gasteiger partial charge in [-0.3, -0.25) is 9.48 Å².